The average Bonchev–Trinajstić information content (AvgIpc) is 2.44. The van der Waals surface area contributed by atoms with Crippen LogP contribution in [0.4, 0.5) is 0 Å². The number of aryl methyl sites for hydroxylation is 1. The third-order valence-electron chi connectivity index (χ3n) is 4.94. The molecule has 20 heavy (non-hydrogen) atoms. The molecule has 0 amide bonds. The molecule has 3 aromatic rings. The monoisotopic (exact) mass is 260 g/mol. The second-order valence-corrected chi connectivity index (χ2v) is 6.69. The van der Waals surface area contributed by atoms with Crippen molar-refractivity contribution >= 4 is 21.5 Å². The molecule has 0 aromatic heterocycles. The molecule has 0 unspecified atom stereocenters. The van der Waals surface area contributed by atoms with Crippen LogP contribution in [0.5, 0.6) is 0 Å². The van der Waals surface area contributed by atoms with Crippen molar-refractivity contribution in [3.05, 3.63) is 59.2 Å². The van der Waals surface area contributed by atoms with Gasteiger partial charge < -0.3 is 0 Å². The van der Waals surface area contributed by atoms with Gasteiger partial charge in [-0.1, -0.05) is 63.2 Å². The van der Waals surface area contributed by atoms with E-state index in [1.54, 1.807) is 0 Å². The lowest BCUT2D eigenvalue weighted by Crippen LogP contribution is -2.24. The first-order chi connectivity index (χ1) is 9.62. The number of hydrogen-bond donors (Lipinski definition) is 0. The Bertz CT molecular complexity index is 837. The normalized spacial score (nSPS) is 16.1. The molecule has 4 rings (SSSR count). The van der Waals surface area contributed by atoms with Crippen LogP contribution in [0.3, 0.4) is 0 Å². The molecule has 1 aliphatic carbocycles. The Morgan fingerprint density at radius 3 is 2.60 bits per heavy atom. The van der Waals surface area contributed by atoms with Gasteiger partial charge in [-0.3, -0.25) is 0 Å². The van der Waals surface area contributed by atoms with Crippen molar-refractivity contribution < 1.29 is 0 Å². The molecule has 0 heterocycles. The number of benzene rings is 3. The molecule has 0 saturated heterocycles. The van der Waals surface area contributed by atoms with E-state index in [1.807, 2.05) is 0 Å². The zero-order valence-electron chi connectivity index (χ0n) is 12.5. The van der Waals surface area contributed by atoms with Crippen molar-refractivity contribution in [2.75, 3.05) is 0 Å². The Kier molecular flexibility index (Phi) is 2.30. The second-order valence-electron chi connectivity index (χ2n) is 6.69. The Labute approximate surface area is 120 Å². The topological polar surface area (TPSA) is 0 Å². The maximum Gasteiger partial charge on any atom is -0.00566 e. The van der Waals surface area contributed by atoms with Gasteiger partial charge in [-0.2, -0.15) is 0 Å². The molecule has 0 aliphatic heterocycles. The predicted molar refractivity (Wildman–Crippen MR) is 87.6 cm³/mol. The predicted octanol–water partition coefficient (Wildman–Crippen LogP) is 5.39. The van der Waals surface area contributed by atoms with Gasteiger partial charge in [-0.25, -0.2) is 0 Å². The maximum absolute atomic E-state index is 2.38. The fraction of sp³-hybridized carbons (Fsp3) is 0.300. The Morgan fingerprint density at radius 1 is 0.950 bits per heavy atom. The third kappa shape index (κ3) is 1.42. The number of hydrogen-bond acceptors (Lipinski definition) is 0. The van der Waals surface area contributed by atoms with Gasteiger partial charge in [0, 0.05) is 0 Å². The van der Waals surface area contributed by atoms with Crippen LogP contribution in [0, 0.1) is 0 Å². The van der Waals surface area contributed by atoms with Gasteiger partial charge in [-0.05, 0) is 56.5 Å². The lowest BCUT2D eigenvalue weighted by atomic mass is 9.71. The lowest BCUT2D eigenvalue weighted by Gasteiger charge is -2.33. The molecule has 0 bridgehead atoms. The van der Waals surface area contributed by atoms with Crippen molar-refractivity contribution in [2.45, 2.75) is 39.0 Å². The van der Waals surface area contributed by atoms with E-state index in [2.05, 4.69) is 63.2 Å². The fourth-order valence-corrected chi connectivity index (χ4v) is 3.95. The Hall–Kier alpha value is -1.82. The summed E-state index contributed by atoms with van der Waals surface area (Å²) in [5.41, 5.74) is 4.73. The minimum absolute atomic E-state index is 0.229. The Balaban J connectivity index is 2.32. The maximum atomic E-state index is 2.38. The highest BCUT2D eigenvalue weighted by atomic mass is 14.3. The Morgan fingerprint density at radius 2 is 1.80 bits per heavy atom. The van der Waals surface area contributed by atoms with E-state index >= 15 is 0 Å². The molecule has 0 nitrogen and oxygen atoms in total. The molecule has 0 fully saturated rings. The summed E-state index contributed by atoms with van der Waals surface area (Å²) in [5.74, 6) is 0. The zero-order chi connectivity index (χ0) is 13.9. The van der Waals surface area contributed by atoms with Crippen molar-refractivity contribution in [3.8, 4) is 0 Å². The standard InChI is InChI=1S/C20H20/c1-4-13-9-11-17-19-16(13)10-8-14-6-5-7-15(18(14)19)12-20(17,2)3/h5-11H,4,12H2,1-3H3. The SMILES string of the molecule is CCc1ccc2c3c1ccc1cccc(c13)CC2(C)C. The van der Waals surface area contributed by atoms with Gasteiger partial charge in [0.05, 0.1) is 0 Å². The summed E-state index contributed by atoms with van der Waals surface area (Å²) in [4.78, 5) is 0. The highest BCUT2D eigenvalue weighted by Gasteiger charge is 2.29. The van der Waals surface area contributed by atoms with Gasteiger partial charge in [0.2, 0.25) is 0 Å². The summed E-state index contributed by atoms with van der Waals surface area (Å²) in [6, 6.07) is 16.1. The molecule has 0 spiro atoms. The van der Waals surface area contributed by atoms with E-state index in [-0.39, 0.29) is 5.41 Å². The van der Waals surface area contributed by atoms with E-state index < -0.39 is 0 Å². The molecule has 1 aliphatic rings. The van der Waals surface area contributed by atoms with E-state index in [0.717, 1.165) is 12.8 Å². The molecule has 3 aromatic carbocycles. The van der Waals surface area contributed by atoms with Gasteiger partial charge in [0.1, 0.15) is 0 Å². The van der Waals surface area contributed by atoms with E-state index in [1.165, 1.54) is 38.2 Å². The second kappa shape index (κ2) is 3.85. The molecular weight excluding hydrogens is 240 g/mol. The quantitative estimate of drug-likeness (QED) is 0.515. The molecule has 0 heteroatoms. The van der Waals surface area contributed by atoms with Gasteiger partial charge >= 0.3 is 0 Å². The van der Waals surface area contributed by atoms with Crippen LogP contribution in [0.25, 0.3) is 21.5 Å². The van der Waals surface area contributed by atoms with Crippen molar-refractivity contribution in [1.82, 2.24) is 0 Å². The molecule has 0 atom stereocenters. The summed E-state index contributed by atoms with van der Waals surface area (Å²) in [6.45, 7) is 7.01. The third-order valence-corrected chi connectivity index (χ3v) is 4.94. The van der Waals surface area contributed by atoms with Crippen LogP contribution in [0.2, 0.25) is 0 Å². The summed E-state index contributed by atoms with van der Waals surface area (Å²) in [6.07, 6.45) is 2.24. The van der Waals surface area contributed by atoms with Crippen LogP contribution in [-0.2, 0) is 18.3 Å². The highest BCUT2D eigenvalue weighted by Crippen LogP contribution is 2.44. The van der Waals surface area contributed by atoms with Gasteiger partial charge in [0.25, 0.3) is 0 Å². The molecule has 100 valence electrons. The van der Waals surface area contributed by atoms with Crippen LogP contribution in [0.1, 0.15) is 37.5 Å². The summed E-state index contributed by atoms with van der Waals surface area (Å²) in [7, 11) is 0. The van der Waals surface area contributed by atoms with Crippen LogP contribution in [-0.4, -0.2) is 0 Å². The van der Waals surface area contributed by atoms with Crippen molar-refractivity contribution in [1.29, 1.82) is 0 Å². The van der Waals surface area contributed by atoms with Crippen molar-refractivity contribution in [2.24, 2.45) is 0 Å². The summed E-state index contributed by atoms with van der Waals surface area (Å²) in [5, 5.41) is 5.85. The van der Waals surface area contributed by atoms with Crippen LogP contribution < -0.4 is 0 Å². The van der Waals surface area contributed by atoms with Gasteiger partial charge in [-0.15, -0.1) is 0 Å². The first kappa shape index (κ1) is 12.0. The minimum Gasteiger partial charge on any atom is -0.0614 e. The number of rotatable bonds is 1. The van der Waals surface area contributed by atoms with Gasteiger partial charge in [0.15, 0.2) is 0 Å². The summed E-state index contributed by atoms with van der Waals surface area (Å²) >= 11 is 0. The first-order valence-electron chi connectivity index (χ1n) is 7.58. The fourth-order valence-electron chi connectivity index (χ4n) is 3.95. The molecule has 0 saturated carbocycles. The average molecular weight is 260 g/mol. The van der Waals surface area contributed by atoms with Crippen LogP contribution in [0.15, 0.2) is 42.5 Å². The smallest absolute Gasteiger partial charge is 0.00566 e. The van der Waals surface area contributed by atoms with E-state index in [9.17, 15) is 0 Å². The van der Waals surface area contributed by atoms with E-state index in [0.29, 0.717) is 0 Å². The molecule has 0 N–H and O–H groups in total. The first-order valence-corrected chi connectivity index (χ1v) is 7.58. The lowest BCUT2D eigenvalue weighted by molar-refractivity contribution is 0.525. The van der Waals surface area contributed by atoms with Crippen molar-refractivity contribution in [3.63, 3.8) is 0 Å². The summed E-state index contributed by atoms with van der Waals surface area (Å²) < 4.78 is 0. The molecule has 0 radical (unpaired) electrons. The zero-order valence-corrected chi connectivity index (χ0v) is 12.5. The minimum atomic E-state index is 0.229. The van der Waals surface area contributed by atoms with E-state index in [4.69, 9.17) is 0 Å². The highest BCUT2D eigenvalue weighted by molar-refractivity contribution is 6.13. The largest absolute Gasteiger partial charge is 0.0614 e. The van der Waals surface area contributed by atoms with Crippen LogP contribution >= 0.6 is 0 Å². The molecular formula is C20H20.